The third kappa shape index (κ3) is 3.71. The number of aliphatic carboxylic acids is 1. The normalized spacial score (nSPS) is 19.3. The van der Waals surface area contributed by atoms with E-state index in [1.165, 1.54) is 0 Å². The van der Waals surface area contributed by atoms with Crippen LogP contribution in [0.3, 0.4) is 0 Å². The van der Waals surface area contributed by atoms with Gasteiger partial charge in [-0.05, 0) is 42.4 Å². The lowest BCUT2D eigenvalue weighted by Crippen LogP contribution is -2.27. The topological polar surface area (TPSA) is 63.3 Å². The Morgan fingerprint density at radius 3 is 2.42 bits per heavy atom. The fourth-order valence-corrected chi connectivity index (χ4v) is 3.32. The molecule has 0 amide bonds. The van der Waals surface area contributed by atoms with Gasteiger partial charge in [-0.25, -0.2) is 0 Å². The average molecular weight is 282 g/mol. The second-order valence-electron chi connectivity index (χ2n) is 5.64. The number of hydrogen-bond acceptors (Lipinski definition) is 2. The Hall–Kier alpha value is -1.06. The summed E-state index contributed by atoms with van der Waals surface area (Å²) in [6.45, 7) is 0. The molecule has 1 fully saturated rings. The second-order valence-corrected chi connectivity index (χ2v) is 6.08. The van der Waals surface area contributed by atoms with Crippen LogP contribution in [-0.2, 0) is 4.79 Å². The van der Waals surface area contributed by atoms with Crippen LogP contribution in [0.4, 0.5) is 0 Å². The number of hydrogen-bond donors (Lipinski definition) is 2. The fraction of sp³-hybridized carbons (Fsp3) is 0.533. The van der Waals surface area contributed by atoms with Crippen molar-refractivity contribution in [2.24, 2.45) is 11.1 Å². The molecule has 1 aromatic rings. The number of carbonyl (C=O) groups is 1. The van der Waals surface area contributed by atoms with Gasteiger partial charge in [0.1, 0.15) is 0 Å². The van der Waals surface area contributed by atoms with Gasteiger partial charge in [0.25, 0.3) is 0 Å². The summed E-state index contributed by atoms with van der Waals surface area (Å²) in [6, 6.07) is 7.40. The van der Waals surface area contributed by atoms with Crippen molar-refractivity contribution in [3.8, 4) is 0 Å². The van der Waals surface area contributed by atoms with Crippen LogP contribution in [0.1, 0.15) is 50.1 Å². The van der Waals surface area contributed by atoms with Crippen molar-refractivity contribution in [2.45, 2.75) is 44.6 Å². The molecule has 1 atom stereocenters. The SMILES string of the molecule is NC(CC1(CC(=O)O)CCCC1)c1ccc(Cl)cc1. The number of carboxylic acids is 1. The third-order valence-electron chi connectivity index (χ3n) is 4.14. The van der Waals surface area contributed by atoms with Gasteiger partial charge in [0.2, 0.25) is 0 Å². The smallest absolute Gasteiger partial charge is 0.303 e. The summed E-state index contributed by atoms with van der Waals surface area (Å²) in [7, 11) is 0. The first-order chi connectivity index (χ1) is 9.01. The number of nitrogens with two attached hydrogens (primary N) is 1. The predicted molar refractivity (Wildman–Crippen MR) is 76.2 cm³/mol. The van der Waals surface area contributed by atoms with Crippen LogP contribution in [0, 0.1) is 5.41 Å². The summed E-state index contributed by atoms with van der Waals surface area (Å²) in [6.07, 6.45) is 5.14. The Bertz CT molecular complexity index is 438. The molecular weight excluding hydrogens is 262 g/mol. The summed E-state index contributed by atoms with van der Waals surface area (Å²) in [5.41, 5.74) is 7.16. The molecule has 3 nitrogen and oxygen atoms in total. The van der Waals surface area contributed by atoms with Crippen LogP contribution >= 0.6 is 11.6 Å². The summed E-state index contributed by atoms with van der Waals surface area (Å²) in [5, 5.41) is 9.79. The maximum absolute atomic E-state index is 11.1. The molecule has 4 heteroatoms. The van der Waals surface area contributed by atoms with Crippen molar-refractivity contribution in [2.75, 3.05) is 0 Å². The van der Waals surface area contributed by atoms with E-state index in [9.17, 15) is 4.79 Å². The van der Waals surface area contributed by atoms with E-state index in [1.54, 1.807) is 0 Å². The summed E-state index contributed by atoms with van der Waals surface area (Å²) in [4.78, 5) is 11.1. The Morgan fingerprint density at radius 2 is 1.89 bits per heavy atom. The van der Waals surface area contributed by atoms with Crippen molar-refractivity contribution >= 4 is 17.6 Å². The van der Waals surface area contributed by atoms with E-state index in [0.29, 0.717) is 5.02 Å². The first-order valence-corrected chi connectivity index (χ1v) is 7.11. The first-order valence-electron chi connectivity index (χ1n) is 6.74. The molecule has 19 heavy (non-hydrogen) atoms. The van der Waals surface area contributed by atoms with Gasteiger partial charge in [0.15, 0.2) is 0 Å². The third-order valence-corrected chi connectivity index (χ3v) is 4.39. The summed E-state index contributed by atoms with van der Waals surface area (Å²) in [5.74, 6) is -0.717. The monoisotopic (exact) mass is 281 g/mol. The van der Waals surface area contributed by atoms with Crippen LogP contribution in [0.5, 0.6) is 0 Å². The minimum Gasteiger partial charge on any atom is -0.481 e. The van der Waals surface area contributed by atoms with E-state index in [1.807, 2.05) is 24.3 Å². The first kappa shape index (κ1) is 14.4. The van der Waals surface area contributed by atoms with E-state index in [-0.39, 0.29) is 17.9 Å². The molecule has 3 N–H and O–H groups in total. The maximum Gasteiger partial charge on any atom is 0.303 e. The molecule has 0 heterocycles. The van der Waals surface area contributed by atoms with E-state index in [2.05, 4.69) is 0 Å². The van der Waals surface area contributed by atoms with Crippen LogP contribution < -0.4 is 5.73 Å². The van der Waals surface area contributed by atoms with Crippen LogP contribution in [0.2, 0.25) is 5.02 Å². The predicted octanol–water partition coefficient (Wildman–Crippen LogP) is 3.77. The summed E-state index contributed by atoms with van der Waals surface area (Å²) < 4.78 is 0. The zero-order chi connectivity index (χ0) is 13.9. The van der Waals surface area contributed by atoms with Crippen molar-refractivity contribution in [1.29, 1.82) is 0 Å². The number of halogens is 1. The van der Waals surface area contributed by atoms with Gasteiger partial charge in [-0.2, -0.15) is 0 Å². The van der Waals surface area contributed by atoms with Gasteiger partial charge in [-0.15, -0.1) is 0 Å². The highest BCUT2D eigenvalue weighted by Crippen LogP contribution is 2.46. The minimum atomic E-state index is -0.717. The van der Waals surface area contributed by atoms with Gasteiger partial charge in [0.05, 0.1) is 6.42 Å². The Balaban J connectivity index is 2.08. The van der Waals surface area contributed by atoms with Crippen LogP contribution in [-0.4, -0.2) is 11.1 Å². The molecule has 0 bridgehead atoms. The molecule has 0 aliphatic heterocycles. The molecule has 1 aliphatic rings. The molecule has 1 aliphatic carbocycles. The Kier molecular flexibility index (Phi) is 4.48. The fourth-order valence-electron chi connectivity index (χ4n) is 3.19. The molecule has 0 aromatic heterocycles. The van der Waals surface area contributed by atoms with Gasteiger partial charge in [-0.1, -0.05) is 36.6 Å². The van der Waals surface area contributed by atoms with Crippen LogP contribution in [0.15, 0.2) is 24.3 Å². The van der Waals surface area contributed by atoms with Crippen molar-refractivity contribution in [3.05, 3.63) is 34.9 Å². The molecule has 0 spiro atoms. The lowest BCUT2D eigenvalue weighted by molar-refractivity contribution is -0.139. The maximum atomic E-state index is 11.1. The number of benzene rings is 1. The molecule has 1 saturated carbocycles. The van der Waals surface area contributed by atoms with Crippen molar-refractivity contribution in [1.82, 2.24) is 0 Å². The van der Waals surface area contributed by atoms with Gasteiger partial charge < -0.3 is 10.8 Å². The van der Waals surface area contributed by atoms with E-state index in [0.717, 1.165) is 37.7 Å². The molecule has 0 radical (unpaired) electrons. The van der Waals surface area contributed by atoms with Gasteiger partial charge in [0, 0.05) is 11.1 Å². The van der Waals surface area contributed by atoms with Crippen LogP contribution in [0.25, 0.3) is 0 Å². The highest BCUT2D eigenvalue weighted by Gasteiger charge is 2.37. The largest absolute Gasteiger partial charge is 0.481 e. The van der Waals surface area contributed by atoms with Gasteiger partial charge in [-0.3, -0.25) is 4.79 Å². The number of rotatable bonds is 5. The van der Waals surface area contributed by atoms with E-state index in [4.69, 9.17) is 22.4 Å². The average Bonchev–Trinajstić information content (AvgIpc) is 2.77. The molecule has 1 aromatic carbocycles. The standard InChI is InChI=1S/C15H20ClNO2/c16-12-5-3-11(4-6-12)13(17)9-15(10-14(18)19)7-1-2-8-15/h3-6,13H,1-2,7-10,17H2,(H,18,19). The second kappa shape index (κ2) is 5.93. The highest BCUT2D eigenvalue weighted by atomic mass is 35.5. The summed E-state index contributed by atoms with van der Waals surface area (Å²) >= 11 is 5.86. The molecular formula is C15H20ClNO2. The quantitative estimate of drug-likeness (QED) is 0.864. The molecule has 1 unspecified atom stereocenters. The Morgan fingerprint density at radius 1 is 1.32 bits per heavy atom. The lowest BCUT2D eigenvalue weighted by Gasteiger charge is -2.30. The van der Waals surface area contributed by atoms with Crippen molar-refractivity contribution < 1.29 is 9.90 Å². The zero-order valence-electron chi connectivity index (χ0n) is 10.9. The van der Waals surface area contributed by atoms with Crippen molar-refractivity contribution in [3.63, 3.8) is 0 Å². The Labute approximate surface area is 118 Å². The minimum absolute atomic E-state index is 0.116. The molecule has 0 saturated heterocycles. The zero-order valence-corrected chi connectivity index (χ0v) is 11.7. The van der Waals surface area contributed by atoms with E-state index >= 15 is 0 Å². The number of carboxylic acid groups (broad SMARTS) is 1. The highest BCUT2D eigenvalue weighted by molar-refractivity contribution is 6.30. The lowest BCUT2D eigenvalue weighted by atomic mass is 9.76. The van der Waals surface area contributed by atoms with Gasteiger partial charge >= 0.3 is 5.97 Å². The molecule has 2 rings (SSSR count). The molecule has 104 valence electrons. The van der Waals surface area contributed by atoms with E-state index < -0.39 is 5.97 Å².